The molecular formula is C12H25N3O3S. The zero-order valence-corrected chi connectivity index (χ0v) is 12.8. The number of nitrogens with two attached hydrogens (primary N) is 1. The van der Waals surface area contributed by atoms with Gasteiger partial charge in [0.2, 0.25) is 0 Å². The van der Waals surface area contributed by atoms with Crippen LogP contribution in [-0.2, 0) is 9.84 Å². The Morgan fingerprint density at radius 2 is 2.05 bits per heavy atom. The molecule has 1 rings (SSSR count). The van der Waals surface area contributed by atoms with E-state index in [1.54, 1.807) is 20.8 Å². The molecule has 1 aliphatic rings. The van der Waals surface area contributed by atoms with Crippen LogP contribution in [-0.4, -0.2) is 54.0 Å². The number of hydrogen-bond acceptors (Lipinski definition) is 5. The molecular weight excluding hydrogens is 266 g/mol. The number of sulfone groups is 1. The van der Waals surface area contributed by atoms with Gasteiger partial charge in [-0.3, -0.25) is 4.90 Å². The normalized spacial score (nSPS) is 23.5. The van der Waals surface area contributed by atoms with Gasteiger partial charge in [-0.1, -0.05) is 11.6 Å². The maximum atomic E-state index is 12.1. The molecule has 1 aliphatic heterocycles. The van der Waals surface area contributed by atoms with Gasteiger partial charge in [-0.05, 0) is 40.2 Å². The fourth-order valence-corrected chi connectivity index (χ4v) is 3.29. The van der Waals surface area contributed by atoms with Gasteiger partial charge < -0.3 is 10.9 Å². The Kier molecular flexibility index (Phi) is 5.20. The van der Waals surface area contributed by atoms with Crippen molar-refractivity contribution in [1.29, 1.82) is 0 Å². The van der Waals surface area contributed by atoms with E-state index in [4.69, 9.17) is 10.9 Å². The lowest BCUT2D eigenvalue weighted by Gasteiger charge is -2.35. The van der Waals surface area contributed by atoms with E-state index in [2.05, 4.69) is 5.16 Å². The lowest BCUT2D eigenvalue weighted by molar-refractivity contribution is 0.196. The molecule has 1 heterocycles. The number of likely N-dealkylation sites (tertiary alicyclic amines) is 1. The molecule has 1 unspecified atom stereocenters. The van der Waals surface area contributed by atoms with Gasteiger partial charge in [0.25, 0.3) is 0 Å². The van der Waals surface area contributed by atoms with Gasteiger partial charge in [0, 0.05) is 6.54 Å². The van der Waals surface area contributed by atoms with Crippen LogP contribution in [0.4, 0.5) is 0 Å². The number of hydrogen-bond donors (Lipinski definition) is 2. The average molecular weight is 291 g/mol. The Bertz CT molecular complexity index is 426. The molecule has 0 saturated carbocycles. The van der Waals surface area contributed by atoms with Crippen molar-refractivity contribution in [2.24, 2.45) is 10.9 Å². The Morgan fingerprint density at radius 1 is 1.42 bits per heavy atom. The van der Waals surface area contributed by atoms with Crippen LogP contribution < -0.4 is 5.73 Å². The van der Waals surface area contributed by atoms with Crippen molar-refractivity contribution in [1.82, 2.24) is 4.90 Å². The van der Waals surface area contributed by atoms with Gasteiger partial charge in [-0.2, -0.15) is 0 Å². The first-order valence-electron chi connectivity index (χ1n) is 6.63. The monoisotopic (exact) mass is 291 g/mol. The highest BCUT2D eigenvalue weighted by molar-refractivity contribution is 7.92. The van der Waals surface area contributed by atoms with Crippen LogP contribution in [0, 0.1) is 0 Å². The molecule has 19 heavy (non-hydrogen) atoms. The standard InChI is InChI=1S/C12H25N3O3S/c1-12(2,3)19(17,18)9-8-15-7-5-4-6-10(15)11(13)14-16/h10,16H,4-9H2,1-3H3,(H2,13,14). The fourth-order valence-electron chi connectivity index (χ4n) is 2.20. The first-order chi connectivity index (χ1) is 8.69. The van der Waals surface area contributed by atoms with E-state index in [1.807, 2.05) is 4.90 Å². The molecule has 1 saturated heterocycles. The number of nitrogens with zero attached hydrogens (tertiary/aromatic N) is 2. The summed E-state index contributed by atoms with van der Waals surface area (Å²) in [4.78, 5) is 2.00. The quantitative estimate of drug-likeness (QED) is 0.346. The van der Waals surface area contributed by atoms with Crippen LogP contribution in [0.1, 0.15) is 40.0 Å². The predicted octanol–water partition coefficient (Wildman–Crippen LogP) is 0.801. The molecule has 6 nitrogen and oxygen atoms in total. The van der Waals surface area contributed by atoms with E-state index >= 15 is 0 Å². The summed E-state index contributed by atoms with van der Waals surface area (Å²) in [6.07, 6.45) is 2.85. The van der Waals surface area contributed by atoms with Crippen molar-refractivity contribution in [3.05, 3.63) is 0 Å². The summed E-state index contributed by atoms with van der Waals surface area (Å²) in [5.41, 5.74) is 5.67. The van der Waals surface area contributed by atoms with Gasteiger partial charge in [0.05, 0.1) is 16.5 Å². The summed E-state index contributed by atoms with van der Waals surface area (Å²) in [6, 6.07) is -0.145. The SMILES string of the molecule is CC(C)(C)S(=O)(=O)CCN1CCCCC1C(N)=NO. The summed E-state index contributed by atoms with van der Waals surface area (Å²) < 4.78 is 23.5. The number of amidine groups is 1. The molecule has 0 spiro atoms. The van der Waals surface area contributed by atoms with E-state index < -0.39 is 14.6 Å². The van der Waals surface area contributed by atoms with E-state index in [0.717, 1.165) is 25.8 Å². The predicted molar refractivity (Wildman–Crippen MR) is 76.2 cm³/mol. The Labute approximate surface area is 115 Å². The topological polar surface area (TPSA) is 96.0 Å². The molecule has 1 atom stereocenters. The molecule has 0 aliphatic carbocycles. The van der Waals surface area contributed by atoms with Gasteiger partial charge in [0.15, 0.2) is 15.7 Å². The van der Waals surface area contributed by atoms with Crippen LogP contribution in [0.15, 0.2) is 5.16 Å². The summed E-state index contributed by atoms with van der Waals surface area (Å²) >= 11 is 0. The number of rotatable bonds is 4. The summed E-state index contributed by atoms with van der Waals surface area (Å²) in [5.74, 6) is 0.277. The van der Waals surface area contributed by atoms with E-state index in [0.29, 0.717) is 6.54 Å². The summed E-state index contributed by atoms with van der Waals surface area (Å²) in [6.45, 7) is 6.35. The van der Waals surface area contributed by atoms with Crippen molar-refractivity contribution in [2.75, 3.05) is 18.8 Å². The van der Waals surface area contributed by atoms with Gasteiger partial charge >= 0.3 is 0 Å². The van der Waals surface area contributed by atoms with Crippen LogP contribution >= 0.6 is 0 Å². The van der Waals surface area contributed by atoms with Gasteiger partial charge in [-0.25, -0.2) is 8.42 Å². The molecule has 0 aromatic heterocycles. The van der Waals surface area contributed by atoms with Crippen molar-refractivity contribution >= 4 is 15.7 Å². The van der Waals surface area contributed by atoms with Crippen LogP contribution in [0.25, 0.3) is 0 Å². The van der Waals surface area contributed by atoms with E-state index in [-0.39, 0.29) is 17.6 Å². The third kappa shape index (κ3) is 4.07. The van der Waals surface area contributed by atoms with Crippen LogP contribution in [0.5, 0.6) is 0 Å². The third-order valence-electron chi connectivity index (χ3n) is 3.65. The molecule has 0 radical (unpaired) electrons. The Balaban J connectivity index is 2.70. The second-order valence-corrected chi connectivity index (χ2v) is 8.87. The molecule has 7 heteroatoms. The van der Waals surface area contributed by atoms with E-state index in [1.165, 1.54) is 0 Å². The highest BCUT2D eigenvalue weighted by atomic mass is 32.2. The zero-order valence-electron chi connectivity index (χ0n) is 12.0. The van der Waals surface area contributed by atoms with Crippen molar-refractivity contribution in [3.63, 3.8) is 0 Å². The molecule has 0 aromatic rings. The van der Waals surface area contributed by atoms with Gasteiger partial charge in [-0.15, -0.1) is 0 Å². The molecule has 112 valence electrons. The highest BCUT2D eigenvalue weighted by Crippen LogP contribution is 2.20. The largest absolute Gasteiger partial charge is 0.409 e. The highest BCUT2D eigenvalue weighted by Gasteiger charge is 2.32. The second kappa shape index (κ2) is 6.09. The molecule has 1 fully saturated rings. The lowest BCUT2D eigenvalue weighted by atomic mass is 10.0. The molecule has 0 bridgehead atoms. The minimum Gasteiger partial charge on any atom is -0.409 e. The smallest absolute Gasteiger partial charge is 0.156 e. The van der Waals surface area contributed by atoms with Crippen molar-refractivity contribution < 1.29 is 13.6 Å². The van der Waals surface area contributed by atoms with Crippen LogP contribution in [0.3, 0.4) is 0 Å². The van der Waals surface area contributed by atoms with E-state index in [9.17, 15) is 8.42 Å². The zero-order chi connectivity index (χ0) is 14.7. The maximum absolute atomic E-state index is 12.1. The molecule has 0 amide bonds. The van der Waals surface area contributed by atoms with Gasteiger partial charge in [0.1, 0.15) is 0 Å². The lowest BCUT2D eigenvalue weighted by Crippen LogP contribution is -2.50. The first-order valence-corrected chi connectivity index (χ1v) is 8.28. The number of piperidine rings is 1. The minimum atomic E-state index is -3.14. The maximum Gasteiger partial charge on any atom is 0.156 e. The molecule has 0 aromatic carbocycles. The first kappa shape index (κ1) is 16.2. The average Bonchev–Trinajstić information content (AvgIpc) is 2.34. The second-order valence-electron chi connectivity index (χ2n) is 6.00. The number of oxime groups is 1. The molecule has 3 N–H and O–H groups in total. The van der Waals surface area contributed by atoms with Crippen molar-refractivity contribution in [3.8, 4) is 0 Å². The summed E-state index contributed by atoms with van der Waals surface area (Å²) in [7, 11) is -3.14. The third-order valence-corrected chi connectivity index (χ3v) is 6.24. The Hall–Kier alpha value is -0.820. The fraction of sp³-hybridized carbons (Fsp3) is 0.917. The van der Waals surface area contributed by atoms with Crippen LogP contribution in [0.2, 0.25) is 0 Å². The summed E-state index contributed by atoms with van der Waals surface area (Å²) in [5, 5.41) is 11.8. The van der Waals surface area contributed by atoms with Crippen molar-refractivity contribution in [2.45, 2.75) is 50.8 Å². The Morgan fingerprint density at radius 3 is 2.58 bits per heavy atom. The minimum absolute atomic E-state index is 0.103.